The van der Waals surface area contributed by atoms with E-state index in [1.165, 1.54) is 12.1 Å². The van der Waals surface area contributed by atoms with E-state index < -0.39 is 31.6 Å². The highest BCUT2D eigenvalue weighted by atomic mass is 32.3. The van der Waals surface area contributed by atoms with E-state index in [1.54, 1.807) is 18.2 Å². The second kappa shape index (κ2) is 3.81. The lowest BCUT2D eigenvalue weighted by atomic mass is 10.2. The normalized spacial score (nSPS) is 24.0. The van der Waals surface area contributed by atoms with Crippen molar-refractivity contribution in [1.82, 2.24) is 0 Å². The molecule has 0 aliphatic carbocycles. The minimum absolute atomic E-state index is 0.328. The fraction of sp³-hybridized carbons (Fsp3) is 0.250. The van der Waals surface area contributed by atoms with Crippen LogP contribution in [0, 0.1) is 0 Å². The average Bonchev–Trinajstić information content (AvgIpc) is 2.14. The Bertz CT molecular complexity index is 540. The molecule has 1 fully saturated rings. The van der Waals surface area contributed by atoms with Gasteiger partial charge in [-0.2, -0.15) is 16.8 Å². The quantitative estimate of drug-likeness (QED) is 0.680. The lowest BCUT2D eigenvalue weighted by Crippen LogP contribution is -2.31. The van der Waals surface area contributed by atoms with Crippen LogP contribution in [0.4, 0.5) is 0 Å². The Morgan fingerprint density at radius 1 is 0.938 bits per heavy atom. The summed E-state index contributed by atoms with van der Waals surface area (Å²) in [5, 5.41) is -1.15. The summed E-state index contributed by atoms with van der Waals surface area (Å²) < 4.78 is 53.8. The molecule has 6 nitrogen and oxygen atoms in total. The van der Waals surface area contributed by atoms with Crippen LogP contribution in [0.2, 0.25) is 0 Å². The minimum Gasteiger partial charge on any atom is -0.231 e. The lowest BCUT2D eigenvalue weighted by Gasteiger charge is -2.22. The van der Waals surface area contributed by atoms with Crippen molar-refractivity contribution in [3.05, 3.63) is 35.9 Å². The Balaban J connectivity index is 2.38. The largest absolute Gasteiger partial charge is 0.287 e. The van der Waals surface area contributed by atoms with Gasteiger partial charge in [-0.1, -0.05) is 30.3 Å². The summed E-state index contributed by atoms with van der Waals surface area (Å²) in [5.41, 5.74) is 0.328. The molecule has 0 spiro atoms. The van der Waals surface area contributed by atoms with Gasteiger partial charge in [0.2, 0.25) is 11.4 Å². The van der Waals surface area contributed by atoms with Crippen molar-refractivity contribution in [2.75, 3.05) is 5.08 Å². The molecule has 1 aliphatic rings. The zero-order valence-corrected chi connectivity index (χ0v) is 9.57. The fourth-order valence-electron chi connectivity index (χ4n) is 1.24. The predicted molar refractivity (Wildman–Crippen MR) is 54.1 cm³/mol. The van der Waals surface area contributed by atoms with Gasteiger partial charge in [0, 0.05) is 5.56 Å². The molecule has 1 saturated heterocycles. The summed E-state index contributed by atoms with van der Waals surface area (Å²) in [5.74, 6) is 0. The molecule has 0 amide bonds. The van der Waals surface area contributed by atoms with Crippen LogP contribution in [-0.4, -0.2) is 21.9 Å². The predicted octanol–water partition coefficient (Wildman–Crippen LogP) is 0.349. The first-order chi connectivity index (χ1) is 7.38. The van der Waals surface area contributed by atoms with Gasteiger partial charge in [0.25, 0.3) is 20.2 Å². The van der Waals surface area contributed by atoms with Crippen molar-refractivity contribution < 1.29 is 25.2 Å². The van der Waals surface area contributed by atoms with Crippen LogP contribution in [-0.2, 0) is 28.6 Å². The van der Waals surface area contributed by atoms with E-state index in [0.717, 1.165) is 0 Å². The third kappa shape index (κ3) is 2.59. The van der Waals surface area contributed by atoms with Crippen molar-refractivity contribution >= 4 is 20.2 Å². The summed E-state index contributed by atoms with van der Waals surface area (Å²) in [6.45, 7) is 0. The molecule has 0 unspecified atom stereocenters. The summed E-state index contributed by atoms with van der Waals surface area (Å²) in [6.07, 6.45) is -1.43. The van der Waals surface area contributed by atoms with Crippen LogP contribution < -0.4 is 0 Å². The zero-order chi connectivity index (χ0) is 11.8. The molecule has 1 aromatic rings. The molecule has 1 aromatic carbocycles. The van der Waals surface area contributed by atoms with Gasteiger partial charge in [0.05, 0.1) is 0 Å². The number of hydrogen-bond donors (Lipinski definition) is 0. The Morgan fingerprint density at radius 3 is 1.94 bits per heavy atom. The highest BCUT2D eigenvalue weighted by molar-refractivity contribution is 8.04. The maximum atomic E-state index is 11.2. The first-order valence-electron chi connectivity index (χ1n) is 4.25. The van der Waals surface area contributed by atoms with Gasteiger partial charge in [0.15, 0.2) is 0 Å². The Hall–Kier alpha value is -0.960. The van der Waals surface area contributed by atoms with Crippen molar-refractivity contribution in [1.29, 1.82) is 0 Å². The minimum atomic E-state index is -4.10. The SMILES string of the molecule is O=S1(=O)CS(=O)(=O)OC(c2ccccc2)O1. The number of benzene rings is 1. The van der Waals surface area contributed by atoms with E-state index in [2.05, 4.69) is 8.37 Å². The van der Waals surface area contributed by atoms with Gasteiger partial charge < -0.3 is 0 Å². The highest BCUT2D eigenvalue weighted by Crippen LogP contribution is 2.28. The van der Waals surface area contributed by atoms with Crippen molar-refractivity contribution in [3.8, 4) is 0 Å². The fourth-order valence-corrected chi connectivity index (χ4v) is 3.98. The highest BCUT2D eigenvalue weighted by Gasteiger charge is 2.37. The molecule has 0 radical (unpaired) electrons. The van der Waals surface area contributed by atoms with Gasteiger partial charge in [-0.05, 0) is 0 Å². The van der Waals surface area contributed by atoms with Crippen LogP contribution in [0.5, 0.6) is 0 Å². The van der Waals surface area contributed by atoms with E-state index in [0.29, 0.717) is 5.56 Å². The maximum absolute atomic E-state index is 11.2. The molecule has 0 saturated carbocycles. The second-order valence-electron chi connectivity index (χ2n) is 3.17. The molecule has 2 rings (SSSR count). The molecule has 0 N–H and O–H groups in total. The molecule has 1 aliphatic heterocycles. The molecule has 16 heavy (non-hydrogen) atoms. The van der Waals surface area contributed by atoms with Gasteiger partial charge in [-0.15, -0.1) is 0 Å². The third-order valence-corrected chi connectivity index (χ3v) is 5.07. The Morgan fingerprint density at radius 2 is 1.44 bits per heavy atom. The topological polar surface area (TPSA) is 86.7 Å². The monoisotopic (exact) mass is 264 g/mol. The van der Waals surface area contributed by atoms with Crippen LogP contribution >= 0.6 is 0 Å². The Kier molecular flexibility index (Phi) is 2.74. The maximum Gasteiger partial charge on any atom is 0.287 e. The summed E-state index contributed by atoms with van der Waals surface area (Å²) in [4.78, 5) is 0. The first kappa shape index (κ1) is 11.5. The average molecular weight is 264 g/mol. The lowest BCUT2D eigenvalue weighted by molar-refractivity contribution is 0.00960. The van der Waals surface area contributed by atoms with Gasteiger partial charge in [0.1, 0.15) is 0 Å². The van der Waals surface area contributed by atoms with E-state index in [4.69, 9.17) is 0 Å². The van der Waals surface area contributed by atoms with Crippen LogP contribution in [0.25, 0.3) is 0 Å². The summed E-state index contributed by atoms with van der Waals surface area (Å²) >= 11 is 0. The molecule has 1 heterocycles. The van der Waals surface area contributed by atoms with Crippen LogP contribution in [0.3, 0.4) is 0 Å². The zero-order valence-electron chi connectivity index (χ0n) is 7.94. The Labute approximate surface area is 93.1 Å². The van der Waals surface area contributed by atoms with Crippen molar-refractivity contribution in [3.63, 3.8) is 0 Å². The molecule has 8 heteroatoms. The van der Waals surface area contributed by atoms with Crippen LogP contribution in [0.15, 0.2) is 30.3 Å². The first-order valence-corrected chi connectivity index (χ1v) is 7.40. The van der Waals surface area contributed by atoms with Gasteiger partial charge >= 0.3 is 0 Å². The van der Waals surface area contributed by atoms with Gasteiger partial charge in [-0.3, -0.25) is 0 Å². The molecule has 88 valence electrons. The molecule has 0 aromatic heterocycles. The van der Waals surface area contributed by atoms with Crippen molar-refractivity contribution in [2.24, 2.45) is 0 Å². The van der Waals surface area contributed by atoms with Crippen molar-refractivity contribution in [2.45, 2.75) is 6.29 Å². The van der Waals surface area contributed by atoms with Gasteiger partial charge in [-0.25, -0.2) is 8.37 Å². The second-order valence-corrected chi connectivity index (χ2v) is 6.73. The summed E-state index contributed by atoms with van der Waals surface area (Å²) in [6, 6.07) is 7.98. The van der Waals surface area contributed by atoms with E-state index in [-0.39, 0.29) is 0 Å². The standard InChI is InChI=1S/C8H8O6S2/c9-15(10)6-16(11,12)14-8(13-15)7-4-2-1-3-5-7/h1-5,8H,6H2. The van der Waals surface area contributed by atoms with E-state index >= 15 is 0 Å². The van der Waals surface area contributed by atoms with E-state index in [1.807, 2.05) is 0 Å². The molecule has 0 atom stereocenters. The summed E-state index contributed by atoms with van der Waals surface area (Å²) in [7, 11) is -8.20. The smallest absolute Gasteiger partial charge is 0.231 e. The number of rotatable bonds is 1. The molecular weight excluding hydrogens is 256 g/mol. The van der Waals surface area contributed by atoms with Crippen LogP contribution in [0.1, 0.15) is 11.9 Å². The third-order valence-electron chi connectivity index (χ3n) is 1.83. The van der Waals surface area contributed by atoms with E-state index in [9.17, 15) is 16.8 Å². The molecule has 0 bridgehead atoms. The number of hydrogen-bond acceptors (Lipinski definition) is 6. The molecular formula is C8H8O6S2.